The van der Waals surface area contributed by atoms with E-state index in [0.717, 1.165) is 0 Å². The first-order valence-electron chi connectivity index (χ1n) is 6.51. The topological polar surface area (TPSA) is 87.6 Å². The highest BCUT2D eigenvalue weighted by Gasteiger charge is 2.31. The molecule has 0 aromatic carbocycles. The zero-order chi connectivity index (χ0) is 14.8. The number of methoxy groups -OCH3 is 1. The van der Waals surface area contributed by atoms with E-state index in [1.54, 1.807) is 4.90 Å². The van der Waals surface area contributed by atoms with Crippen LogP contribution < -0.4 is 10.1 Å². The van der Waals surface area contributed by atoms with E-state index in [2.05, 4.69) is 29.4 Å². The molecule has 0 radical (unpaired) electrons. The Morgan fingerprint density at radius 3 is 2.95 bits per heavy atom. The maximum Gasteiger partial charge on any atom is 0.323 e. The van der Waals surface area contributed by atoms with Crippen LogP contribution in [-0.4, -0.2) is 52.5 Å². The Morgan fingerprint density at radius 1 is 1.55 bits per heavy atom. The van der Waals surface area contributed by atoms with Gasteiger partial charge < -0.3 is 14.7 Å². The molecule has 20 heavy (non-hydrogen) atoms. The fraction of sp³-hybridized carbons (Fsp3) is 0.750. The van der Waals surface area contributed by atoms with Crippen molar-refractivity contribution < 1.29 is 14.6 Å². The Balaban J connectivity index is 2.00. The second-order valence-corrected chi connectivity index (χ2v) is 6.68. The van der Waals surface area contributed by atoms with Gasteiger partial charge in [0.25, 0.3) is 5.19 Å². The molecule has 1 aliphatic rings. The van der Waals surface area contributed by atoms with Crippen molar-refractivity contribution in [2.24, 2.45) is 5.41 Å². The van der Waals surface area contributed by atoms with Gasteiger partial charge in [-0.25, -0.2) is 4.79 Å². The van der Waals surface area contributed by atoms with Crippen LogP contribution in [0.2, 0.25) is 0 Å². The number of aromatic nitrogens is 2. The van der Waals surface area contributed by atoms with Crippen molar-refractivity contribution in [1.82, 2.24) is 15.1 Å². The van der Waals surface area contributed by atoms with E-state index in [9.17, 15) is 9.90 Å². The first-order chi connectivity index (χ1) is 9.39. The molecule has 1 unspecified atom stereocenters. The van der Waals surface area contributed by atoms with Gasteiger partial charge >= 0.3 is 6.03 Å². The van der Waals surface area contributed by atoms with E-state index in [1.165, 1.54) is 18.4 Å². The van der Waals surface area contributed by atoms with Crippen LogP contribution in [0, 0.1) is 5.41 Å². The molecule has 1 aliphatic heterocycles. The minimum atomic E-state index is -0.357. The van der Waals surface area contributed by atoms with Crippen molar-refractivity contribution in [3.8, 4) is 5.19 Å². The van der Waals surface area contributed by atoms with Crippen molar-refractivity contribution in [3.05, 3.63) is 0 Å². The third kappa shape index (κ3) is 3.80. The number of nitrogens with zero attached hydrogens (tertiary/aromatic N) is 3. The fourth-order valence-corrected chi connectivity index (χ4v) is 2.94. The first kappa shape index (κ1) is 15.0. The molecule has 1 atom stereocenters. The van der Waals surface area contributed by atoms with E-state index in [1.807, 2.05) is 0 Å². The summed E-state index contributed by atoms with van der Waals surface area (Å²) in [5.41, 5.74) is -0.105. The Kier molecular flexibility index (Phi) is 4.44. The summed E-state index contributed by atoms with van der Waals surface area (Å²) in [6.07, 6.45) is 0.934. The molecular formula is C12H20N4O3S. The average Bonchev–Trinajstić information content (AvgIpc) is 2.75. The number of nitrogens with one attached hydrogen (secondary N) is 1. The van der Waals surface area contributed by atoms with Gasteiger partial charge in [0.2, 0.25) is 5.13 Å². The zero-order valence-electron chi connectivity index (χ0n) is 11.9. The minimum Gasteiger partial charge on any atom is -0.472 e. The van der Waals surface area contributed by atoms with E-state index < -0.39 is 0 Å². The molecule has 2 amide bonds. The van der Waals surface area contributed by atoms with E-state index >= 15 is 0 Å². The van der Waals surface area contributed by atoms with E-state index in [-0.39, 0.29) is 17.6 Å². The van der Waals surface area contributed by atoms with Crippen LogP contribution in [0.5, 0.6) is 5.19 Å². The van der Waals surface area contributed by atoms with Gasteiger partial charge in [0, 0.05) is 13.1 Å². The highest BCUT2D eigenvalue weighted by atomic mass is 32.1. The van der Waals surface area contributed by atoms with E-state index in [0.29, 0.717) is 36.3 Å². The maximum atomic E-state index is 12.2. The SMILES string of the molecule is COc1nnc(NC(=O)N2CCC(O)CC(C)(C)C2)s1. The summed E-state index contributed by atoms with van der Waals surface area (Å²) >= 11 is 1.18. The fourth-order valence-electron chi connectivity index (χ4n) is 2.39. The molecule has 112 valence electrons. The Bertz CT molecular complexity index is 477. The van der Waals surface area contributed by atoms with Crippen LogP contribution in [0.25, 0.3) is 0 Å². The quantitative estimate of drug-likeness (QED) is 0.865. The Hall–Kier alpha value is -1.41. The molecule has 0 bridgehead atoms. The molecule has 2 N–H and O–H groups in total. The highest BCUT2D eigenvalue weighted by Crippen LogP contribution is 2.29. The third-order valence-electron chi connectivity index (χ3n) is 3.22. The number of carbonyl (C=O) groups is 1. The van der Waals surface area contributed by atoms with E-state index in [4.69, 9.17) is 4.74 Å². The number of urea groups is 1. The van der Waals surface area contributed by atoms with Gasteiger partial charge in [-0.05, 0) is 29.6 Å². The lowest BCUT2D eigenvalue weighted by molar-refractivity contribution is 0.122. The predicted octanol–water partition coefficient (Wildman–Crippen LogP) is 1.56. The van der Waals surface area contributed by atoms with Crippen LogP contribution in [0.15, 0.2) is 0 Å². The summed E-state index contributed by atoms with van der Waals surface area (Å²) in [5.74, 6) is 0. The molecule has 7 nitrogen and oxygen atoms in total. The molecule has 2 heterocycles. The standard InChI is InChI=1S/C12H20N4O3S/c1-12(2)6-8(17)4-5-16(7-12)10(18)13-9-14-15-11(19-3)20-9/h8,17H,4-7H2,1-3H3,(H,13,14,18). The van der Waals surface area contributed by atoms with Crippen LogP contribution in [0.1, 0.15) is 26.7 Å². The lowest BCUT2D eigenvalue weighted by Crippen LogP contribution is -2.40. The van der Waals surface area contributed by atoms with Crippen LogP contribution in [0.3, 0.4) is 0 Å². The van der Waals surface area contributed by atoms with Crippen molar-refractivity contribution in [3.63, 3.8) is 0 Å². The van der Waals surface area contributed by atoms with Crippen molar-refractivity contribution in [2.75, 3.05) is 25.5 Å². The van der Waals surface area contributed by atoms with Crippen molar-refractivity contribution in [2.45, 2.75) is 32.8 Å². The zero-order valence-corrected chi connectivity index (χ0v) is 12.7. The van der Waals surface area contributed by atoms with Gasteiger partial charge in [0.05, 0.1) is 13.2 Å². The number of aliphatic hydroxyl groups excluding tert-OH is 1. The maximum absolute atomic E-state index is 12.2. The summed E-state index contributed by atoms with van der Waals surface area (Å²) < 4.78 is 4.94. The summed E-state index contributed by atoms with van der Waals surface area (Å²) in [6.45, 7) is 5.24. The van der Waals surface area contributed by atoms with Gasteiger partial charge in [0.15, 0.2) is 0 Å². The molecule has 0 saturated carbocycles. The minimum absolute atomic E-state index is 0.105. The third-order valence-corrected chi connectivity index (χ3v) is 4.02. The summed E-state index contributed by atoms with van der Waals surface area (Å²) in [5, 5.41) is 21.0. The molecule has 0 aliphatic carbocycles. The lowest BCUT2D eigenvalue weighted by atomic mass is 9.87. The number of aliphatic hydroxyl groups is 1. The predicted molar refractivity (Wildman–Crippen MR) is 76.1 cm³/mol. The number of carbonyl (C=O) groups excluding carboxylic acids is 1. The van der Waals surface area contributed by atoms with Gasteiger partial charge in [-0.3, -0.25) is 5.32 Å². The van der Waals surface area contributed by atoms with Gasteiger partial charge in [-0.1, -0.05) is 18.9 Å². The number of likely N-dealkylation sites (tertiary alicyclic amines) is 1. The molecule has 1 fully saturated rings. The summed E-state index contributed by atoms with van der Waals surface area (Å²) in [4.78, 5) is 14.0. The molecule has 2 rings (SSSR count). The lowest BCUT2D eigenvalue weighted by Gasteiger charge is -2.29. The smallest absolute Gasteiger partial charge is 0.323 e. The molecule has 0 spiro atoms. The average molecular weight is 300 g/mol. The summed E-state index contributed by atoms with van der Waals surface area (Å²) in [6, 6.07) is -0.217. The molecular weight excluding hydrogens is 280 g/mol. The second kappa shape index (κ2) is 5.92. The second-order valence-electron chi connectivity index (χ2n) is 5.74. The number of hydrogen-bond donors (Lipinski definition) is 2. The van der Waals surface area contributed by atoms with Crippen LogP contribution in [0.4, 0.5) is 9.93 Å². The highest BCUT2D eigenvalue weighted by molar-refractivity contribution is 7.17. The number of ether oxygens (including phenoxy) is 1. The van der Waals surface area contributed by atoms with Crippen LogP contribution in [-0.2, 0) is 0 Å². The number of anilines is 1. The Morgan fingerprint density at radius 2 is 2.30 bits per heavy atom. The number of rotatable bonds is 2. The molecule has 8 heteroatoms. The Labute approximate surface area is 122 Å². The summed E-state index contributed by atoms with van der Waals surface area (Å²) in [7, 11) is 1.50. The van der Waals surface area contributed by atoms with Gasteiger partial charge in [0.1, 0.15) is 0 Å². The molecule has 1 aromatic heterocycles. The van der Waals surface area contributed by atoms with Gasteiger partial charge in [-0.15, -0.1) is 5.10 Å². The monoisotopic (exact) mass is 300 g/mol. The van der Waals surface area contributed by atoms with Crippen LogP contribution >= 0.6 is 11.3 Å². The van der Waals surface area contributed by atoms with Crippen molar-refractivity contribution >= 4 is 22.5 Å². The van der Waals surface area contributed by atoms with Gasteiger partial charge in [-0.2, -0.15) is 0 Å². The normalized spacial score (nSPS) is 22.2. The number of hydrogen-bond acceptors (Lipinski definition) is 6. The van der Waals surface area contributed by atoms with Crippen molar-refractivity contribution in [1.29, 1.82) is 0 Å². The largest absolute Gasteiger partial charge is 0.472 e. The number of amides is 2. The first-order valence-corrected chi connectivity index (χ1v) is 7.33. The molecule has 1 saturated heterocycles. The molecule has 1 aromatic rings.